The molecule has 0 saturated heterocycles. The number of cyclic esters (lactones) is 1. The van der Waals surface area contributed by atoms with E-state index in [0.717, 1.165) is 14.8 Å². The minimum Gasteiger partial charge on any atom is -0.454 e. The van der Waals surface area contributed by atoms with Crippen molar-refractivity contribution in [3.63, 3.8) is 0 Å². The molecule has 0 spiro atoms. The van der Waals surface area contributed by atoms with E-state index in [0.29, 0.717) is 5.56 Å². The van der Waals surface area contributed by atoms with Crippen LogP contribution in [0.2, 0.25) is 0 Å². The fraction of sp³-hybridized carbons (Fsp3) is 0.333. The highest BCUT2D eigenvalue weighted by molar-refractivity contribution is 8.23. The van der Waals surface area contributed by atoms with Gasteiger partial charge in [0.1, 0.15) is 10.4 Å². The Morgan fingerprint density at radius 2 is 2.18 bits per heavy atom. The highest BCUT2D eigenvalue weighted by Gasteiger charge is 2.30. The number of hydrogen-bond acceptors (Lipinski definition) is 4. The summed E-state index contributed by atoms with van der Waals surface area (Å²) < 4.78 is 5.93. The SMILES string of the molecule is CC1OC(=O)c2c(SC(=S)N(C)C)cccc21. The lowest BCUT2D eigenvalue weighted by molar-refractivity contribution is 0.0420. The van der Waals surface area contributed by atoms with Crippen LogP contribution in [-0.2, 0) is 4.74 Å². The summed E-state index contributed by atoms with van der Waals surface area (Å²) in [6, 6.07) is 5.75. The summed E-state index contributed by atoms with van der Waals surface area (Å²) in [6.45, 7) is 1.88. The Morgan fingerprint density at radius 1 is 1.47 bits per heavy atom. The molecule has 1 aliphatic rings. The van der Waals surface area contributed by atoms with Crippen LogP contribution in [-0.4, -0.2) is 29.3 Å². The Morgan fingerprint density at radius 3 is 2.82 bits per heavy atom. The first kappa shape index (κ1) is 12.4. The van der Waals surface area contributed by atoms with Crippen molar-refractivity contribution in [3.8, 4) is 0 Å². The summed E-state index contributed by atoms with van der Waals surface area (Å²) >= 11 is 6.66. The predicted molar refractivity (Wildman–Crippen MR) is 72.4 cm³/mol. The molecule has 1 aliphatic heterocycles. The molecular weight excluding hydrogens is 254 g/mol. The third-order valence-electron chi connectivity index (χ3n) is 2.55. The van der Waals surface area contributed by atoms with Gasteiger partial charge in [0.25, 0.3) is 0 Å². The van der Waals surface area contributed by atoms with Gasteiger partial charge < -0.3 is 9.64 Å². The molecule has 0 N–H and O–H groups in total. The average Bonchev–Trinajstić information content (AvgIpc) is 2.55. The maximum atomic E-state index is 11.8. The smallest absolute Gasteiger partial charge is 0.340 e. The zero-order valence-electron chi connectivity index (χ0n) is 9.89. The van der Waals surface area contributed by atoms with Gasteiger partial charge in [-0.1, -0.05) is 36.1 Å². The maximum absolute atomic E-state index is 11.8. The Hall–Kier alpha value is -1.07. The highest BCUT2D eigenvalue weighted by Crippen LogP contribution is 2.37. The van der Waals surface area contributed by atoms with Crippen molar-refractivity contribution in [1.82, 2.24) is 4.90 Å². The number of thiocarbonyl (C=S) groups is 1. The third kappa shape index (κ3) is 2.30. The quantitative estimate of drug-likeness (QED) is 0.443. The van der Waals surface area contributed by atoms with Gasteiger partial charge in [0.15, 0.2) is 0 Å². The fourth-order valence-corrected chi connectivity index (χ4v) is 2.75. The highest BCUT2D eigenvalue weighted by atomic mass is 32.2. The Kier molecular flexibility index (Phi) is 3.40. The summed E-state index contributed by atoms with van der Waals surface area (Å²) in [6.07, 6.45) is -0.161. The molecule has 17 heavy (non-hydrogen) atoms. The number of fused-ring (bicyclic) bond motifs is 1. The first-order chi connectivity index (χ1) is 8.00. The molecule has 2 rings (SSSR count). The van der Waals surface area contributed by atoms with Crippen LogP contribution in [0.25, 0.3) is 0 Å². The molecule has 0 amide bonds. The van der Waals surface area contributed by atoms with Crippen LogP contribution < -0.4 is 0 Å². The van der Waals surface area contributed by atoms with E-state index in [4.69, 9.17) is 17.0 Å². The van der Waals surface area contributed by atoms with E-state index in [-0.39, 0.29) is 12.1 Å². The molecule has 0 aliphatic carbocycles. The molecule has 0 bridgehead atoms. The van der Waals surface area contributed by atoms with Crippen molar-refractivity contribution in [2.24, 2.45) is 0 Å². The van der Waals surface area contributed by atoms with E-state index in [1.165, 1.54) is 11.8 Å². The van der Waals surface area contributed by atoms with Crippen molar-refractivity contribution in [2.75, 3.05) is 14.1 Å². The first-order valence-electron chi connectivity index (χ1n) is 5.23. The number of rotatable bonds is 1. The number of thioether (sulfide) groups is 1. The number of hydrogen-bond donors (Lipinski definition) is 0. The van der Waals surface area contributed by atoms with Crippen LogP contribution in [0.5, 0.6) is 0 Å². The minimum atomic E-state index is -0.253. The lowest BCUT2D eigenvalue weighted by atomic mass is 10.1. The second kappa shape index (κ2) is 4.66. The van der Waals surface area contributed by atoms with Crippen molar-refractivity contribution in [2.45, 2.75) is 17.9 Å². The summed E-state index contributed by atoms with van der Waals surface area (Å²) in [5, 5.41) is 0. The molecule has 0 aromatic heterocycles. The second-order valence-corrected chi connectivity index (χ2v) is 5.71. The van der Waals surface area contributed by atoms with Crippen LogP contribution in [0.15, 0.2) is 23.1 Å². The van der Waals surface area contributed by atoms with Crippen LogP contribution in [0.1, 0.15) is 28.9 Å². The minimum absolute atomic E-state index is 0.161. The van der Waals surface area contributed by atoms with E-state index >= 15 is 0 Å². The van der Waals surface area contributed by atoms with E-state index < -0.39 is 0 Å². The summed E-state index contributed by atoms with van der Waals surface area (Å²) in [7, 11) is 3.78. The van der Waals surface area contributed by atoms with E-state index in [2.05, 4.69) is 0 Å². The largest absolute Gasteiger partial charge is 0.454 e. The Labute approximate surface area is 110 Å². The molecule has 1 heterocycles. The zero-order valence-corrected chi connectivity index (χ0v) is 11.5. The molecule has 0 radical (unpaired) electrons. The molecule has 90 valence electrons. The van der Waals surface area contributed by atoms with Gasteiger partial charge in [-0.25, -0.2) is 4.79 Å². The van der Waals surface area contributed by atoms with Crippen molar-refractivity contribution in [3.05, 3.63) is 29.3 Å². The number of esters is 1. The second-order valence-electron chi connectivity index (χ2n) is 4.03. The molecule has 0 saturated carbocycles. The normalized spacial score (nSPS) is 17.6. The maximum Gasteiger partial charge on any atom is 0.340 e. The van der Waals surface area contributed by atoms with Gasteiger partial charge in [0, 0.05) is 24.6 Å². The van der Waals surface area contributed by atoms with Crippen molar-refractivity contribution in [1.29, 1.82) is 0 Å². The van der Waals surface area contributed by atoms with Crippen molar-refractivity contribution < 1.29 is 9.53 Å². The lowest BCUT2D eigenvalue weighted by Gasteiger charge is -2.13. The van der Waals surface area contributed by atoms with Crippen LogP contribution in [0, 0.1) is 0 Å². The number of benzene rings is 1. The number of nitrogens with zero attached hydrogens (tertiary/aromatic N) is 1. The van der Waals surface area contributed by atoms with E-state index in [1.54, 1.807) is 0 Å². The summed E-state index contributed by atoms with van der Waals surface area (Å²) in [4.78, 5) is 14.5. The Balaban J connectivity index is 2.37. The number of carbonyl (C=O) groups is 1. The third-order valence-corrected chi connectivity index (χ3v) is 4.26. The fourth-order valence-electron chi connectivity index (χ4n) is 1.66. The van der Waals surface area contributed by atoms with Gasteiger partial charge in [-0.05, 0) is 13.0 Å². The Bertz CT molecular complexity index is 485. The molecule has 1 aromatic carbocycles. The van der Waals surface area contributed by atoms with Crippen molar-refractivity contribution >= 4 is 34.3 Å². The van der Waals surface area contributed by atoms with Crippen LogP contribution in [0.3, 0.4) is 0 Å². The van der Waals surface area contributed by atoms with Crippen LogP contribution >= 0.6 is 24.0 Å². The molecule has 0 fully saturated rings. The number of carbonyl (C=O) groups excluding carboxylic acids is 1. The monoisotopic (exact) mass is 267 g/mol. The lowest BCUT2D eigenvalue weighted by Crippen LogP contribution is -2.16. The van der Waals surface area contributed by atoms with Gasteiger partial charge in [-0.2, -0.15) is 0 Å². The summed E-state index contributed by atoms with van der Waals surface area (Å²) in [5.74, 6) is -0.253. The van der Waals surface area contributed by atoms with Gasteiger partial charge in [-0.3, -0.25) is 0 Å². The van der Waals surface area contributed by atoms with Crippen LogP contribution in [0.4, 0.5) is 0 Å². The first-order valence-corrected chi connectivity index (χ1v) is 6.46. The average molecular weight is 267 g/mol. The van der Waals surface area contributed by atoms with Gasteiger partial charge in [0.05, 0.1) is 5.56 Å². The van der Waals surface area contributed by atoms with Gasteiger partial charge in [0.2, 0.25) is 0 Å². The molecule has 5 heteroatoms. The van der Waals surface area contributed by atoms with Gasteiger partial charge >= 0.3 is 5.97 Å². The molecule has 1 unspecified atom stereocenters. The topological polar surface area (TPSA) is 29.5 Å². The summed E-state index contributed by atoms with van der Waals surface area (Å²) in [5.41, 5.74) is 1.61. The van der Waals surface area contributed by atoms with E-state index in [9.17, 15) is 4.79 Å². The molecular formula is C12H13NO2S2. The van der Waals surface area contributed by atoms with E-state index in [1.807, 2.05) is 44.1 Å². The standard InChI is InChI=1S/C12H13NO2S2/c1-7-8-5-4-6-9(10(8)11(14)15-7)17-12(16)13(2)3/h4-7H,1-3H3. The predicted octanol–water partition coefficient (Wildman–Crippen LogP) is 2.86. The van der Waals surface area contributed by atoms with Gasteiger partial charge in [-0.15, -0.1) is 0 Å². The molecule has 3 nitrogen and oxygen atoms in total. The molecule has 1 atom stereocenters. The number of ether oxygens (including phenoxy) is 1. The molecule has 1 aromatic rings. The zero-order chi connectivity index (χ0) is 12.6.